The Labute approximate surface area is 72.2 Å². The summed E-state index contributed by atoms with van der Waals surface area (Å²) in [7, 11) is 0. The predicted molar refractivity (Wildman–Crippen MR) is 42.6 cm³/mol. The number of nitrogens with zero attached hydrogens (tertiary/aromatic N) is 1. The molecule has 0 aliphatic heterocycles. The second kappa shape index (κ2) is 2.48. The number of carbonyl (C=O) groups is 1. The lowest BCUT2D eigenvalue weighted by molar-refractivity contribution is 0.0687. The molecule has 0 amide bonds. The zero-order chi connectivity index (χ0) is 9.42. The van der Waals surface area contributed by atoms with E-state index in [0.29, 0.717) is 11.0 Å². The molecule has 0 atom stereocenters. The molecule has 13 heavy (non-hydrogen) atoms. The fourth-order valence-corrected chi connectivity index (χ4v) is 1.08. The fourth-order valence-electron chi connectivity index (χ4n) is 1.08. The Morgan fingerprint density at radius 2 is 2.31 bits per heavy atom. The molecule has 0 saturated carbocycles. The molecule has 5 heteroatoms. The largest absolute Gasteiger partial charge is 0.505 e. The standard InChI is InChI=1S/C8H5NO4/c10-7-4-1-2-13-5(4)3-9-6(7)8(11)12/h1-3,10H,(H,11,12). The highest BCUT2D eigenvalue weighted by Crippen LogP contribution is 2.27. The number of fused-ring (bicyclic) bond motifs is 1. The van der Waals surface area contributed by atoms with Gasteiger partial charge in [0.1, 0.15) is 0 Å². The number of aromatic nitrogens is 1. The number of aromatic carboxylic acids is 1. The molecule has 0 saturated heterocycles. The molecular weight excluding hydrogens is 174 g/mol. The number of rotatable bonds is 1. The van der Waals surface area contributed by atoms with Crippen molar-refractivity contribution in [3.63, 3.8) is 0 Å². The van der Waals surface area contributed by atoms with Crippen molar-refractivity contribution in [2.45, 2.75) is 0 Å². The second-order valence-corrected chi connectivity index (χ2v) is 2.46. The summed E-state index contributed by atoms with van der Waals surface area (Å²) in [6.07, 6.45) is 2.62. The number of carboxylic acids is 1. The van der Waals surface area contributed by atoms with Gasteiger partial charge in [-0.3, -0.25) is 0 Å². The van der Waals surface area contributed by atoms with Crippen LogP contribution in [0.1, 0.15) is 10.5 Å². The maximum Gasteiger partial charge on any atom is 0.358 e. The molecule has 0 spiro atoms. The van der Waals surface area contributed by atoms with Crippen LogP contribution in [0.4, 0.5) is 0 Å². The first-order chi connectivity index (χ1) is 6.20. The van der Waals surface area contributed by atoms with Gasteiger partial charge < -0.3 is 14.6 Å². The van der Waals surface area contributed by atoms with Crippen molar-refractivity contribution in [2.24, 2.45) is 0 Å². The Morgan fingerprint density at radius 1 is 1.54 bits per heavy atom. The lowest BCUT2D eigenvalue weighted by atomic mass is 10.2. The molecule has 2 aromatic heterocycles. The van der Waals surface area contributed by atoms with E-state index in [-0.39, 0.29) is 11.4 Å². The van der Waals surface area contributed by atoms with E-state index >= 15 is 0 Å². The molecule has 2 aromatic rings. The summed E-state index contributed by atoms with van der Waals surface area (Å²) in [5, 5.41) is 18.4. The van der Waals surface area contributed by atoms with Gasteiger partial charge in [0.25, 0.3) is 0 Å². The average molecular weight is 179 g/mol. The molecule has 0 aromatic carbocycles. The highest BCUT2D eigenvalue weighted by molar-refractivity contribution is 5.96. The zero-order valence-corrected chi connectivity index (χ0v) is 6.39. The zero-order valence-electron chi connectivity index (χ0n) is 6.39. The Hall–Kier alpha value is -2.04. The number of pyridine rings is 1. The quantitative estimate of drug-likeness (QED) is 0.687. The molecule has 0 aliphatic carbocycles. The van der Waals surface area contributed by atoms with Crippen LogP contribution in [0.5, 0.6) is 5.75 Å². The van der Waals surface area contributed by atoms with E-state index in [1.807, 2.05) is 0 Å². The van der Waals surface area contributed by atoms with Crippen LogP contribution in [0.15, 0.2) is 22.9 Å². The molecule has 0 aliphatic rings. The predicted octanol–water partition coefficient (Wildman–Crippen LogP) is 1.23. The van der Waals surface area contributed by atoms with Gasteiger partial charge in [0.15, 0.2) is 17.0 Å². The molecule has 66 valence electrons. The Balaban J connectivity index is 2.80. The number of hydrogen-bond donors (Lipinski definition) is 2. The van der Waals surface area contributed by atoms with Crippen molar-refractivity contribution in [3.05, 3.63) is 24.2 Å². The van der Waals surface area contributed by atoms with Gasteiger partial charge in [-0.15, -0.1) is 0 Å². The first-order valence-electron chi connectivity index (χ1n) is 3.48. The number of furan rings is 1. The van der Waals surface area contributed by atoms with E-state index in [1.54, 1.807) is 0 Å². The highest BCUT2D eigenvalue weighted by atomic mass is 16.4. The molecule has 5 nitrogen and oxygen atoms in total. The number of aromatic hydroxyl groups is 1. The Morgan fingerprint density at radius 3 is 3.00 bits per heavy atom. The lowest BCUT2D eigenvalue weighted by Crippen LogP contribution is -1.99. The second-order valence-electron chi connectivity index (χ2n) is 2.46. The van der Waals surface area contributed by atoms with Gasteiger partial charge in [-0.2, -0.15) is 0 Å². The molecule has 0 fully saturated rings. The highest BCUT2D eigenvalue weighted by Gasteiger charge is 2.15. The van der Waals surface area contributed by atoms with Crippen LogP contribution >= 0.6 is 0 Å². The van der Waals surface area contributed by atoms with E-state index < -0.39 is 5.97 Å². The minimum Gasteiger partial charge on any atom is -0.505 e. The van der Waals surface area contributed by atoms with E-state index in [1.165, 1.54) is 18.5 Å². The third kappa shape index (κ3) is 1.01. The normalized spacial score (nSPS) is 10.5. The van der Waals surface area contributed by atoms with Crippen LogP contribution in [-0.2, 0) is 0 Å². The van der Waals surface area contributed by atoms with Gasteiger partial charge >= 0.3 is 5.97 Å². The first-order valence-corrected chi connectivity index (χ1v) is 3.48. The van der Waals surface area contributed by atoms with Gasteiger partial charge in [0.2, 0.25) is 0 Å². The summed E-state index contributed by atoms with van der Waals surface area (Å²) in [4.78, 5) is 14.1. The summed E-state index contributed by atoms with van der Waals surface area (Å²) < 4.78 is 4.92. The molecule has 2 rings (SSSR count). The van der Waals surface area contributed by atoms with Crippen molar-refractivity contribution >= 4 is 16.9 Å². The molecular formula is C8H5NO4. The Bertz CT molecular complexity index is 474. The maximum atomic E-state index is 10.5. The number of carboxylic acid groups (broad SMARTS) is 1. The number of hydrogen-bond acceptors (Lipinski definition) is 4. The monoisotopic (exact) mass is 179 g/mol. The van der Waals surface area contributed by atoms with Crippen molar-refractivity contribution in [1.29, 1.82) is 0 Å². The van der Waals surface area contributed by atoms with Crippen LogP contribution < -0.4 is 0 Å². The molecule has 0 unspecified atom stereocenters. The molecule has 0 radical (unpaired) electrons. The average Bonchev–Trinajstić information content (AvgIpc) is 2.52. The van der Waals surface area contributed by atoms with Gasteiger partial charge in [-0.1, -0.05) is 0 Å². The van der Waals surface area contributed by atoms with Crippen LogP contribution in [0.3, 0.4) is 0 Å². The molecule has 2 heterocycles. The van der Waals surface area contributed by atoms with Gasteiger partial charge in [-0.05, 0) is 6.07 Å². The topological polar surface area (TPSA) is 83.6 Å². The van der Waals surface area contributed by atoms with E-state index in [2.05, 4.69) is 4.98 Å². The SMILES string of the molecule is O=C(O)c1ncc2occc2c1O. The first kappa shape index (κ1) is 7.60. The van der Waals surface area contributed by atoms with Crippen LogP contribution in [0.2, 0.25) is 0 Å². The fraction of sp³-hybridized carbons (Fsp3) is 0. The van der Waals surface area contributed by atoms with Gasteiger partial charge in [-0.25, -0.2) is 9.78 Å². The maximum absolute atomic E-state index is 10.5. The van der Waals surface area contributed by atoms with Crippen LogP contribution in [0.25, 0.3) is 11.0 Å². The van der Waals surface area contributed by atoms with Crippen molar-refractivity contribution in [2.75, 3.05) is 0 Å². The molecule has 0 bridgehead atoms. The van der Waals surface area contributed by atoms with Gasteiger partial charge in [0, 0.05) is 0 Å². The third-order valence-corrected chi connectivity index (χ3v) is 1.69. The summed E-state index contributed by atoms with van der Waals surface area (Å²) >= 11 is 0. The van der Waals surface area contributed by atoms with E-state index in [0.717, 1.165) is 0 Å². The van der Waals surface area contributed by atoms with E-state index in [4.69, 9.17) is 9.52 Å². The minimum absolute atomic E-state index is 0.354. The summed E-state index contributed by atoms with van der Waals surface area (Å²) in [5.41, 5.74) is -0.00333. The molecule has 2 N–H and O–H groups in total. The smallest absolute Gasteiger partial charge is 0.358 e. The Kier molecular flexibility index (Phi) is 1.45. The van der Waals surface area contributed by atoms with Crippen molar-refractivity contribution in [1.82, 2.24) is 4.98 Å². The van der Waals surface area contributed by atoms with Crippen molar-refractivity contribution in [3.8, 4) is 5.75 Å². The third-order valence-electron chi connectivity index (χ3n) is 1.69. The summed E-state index contributed by atoms with van der Waals surface area (Å²) in [5.74, 6) is -1.63. The summed E-state index contributed by atoms with van der Waals surface area (Å²) in [6, 6.07) is 1.48. The summed E-state index contributed by atoms with van der Waals surface area (Å²) in [6.45, 7) is 0. The minimum atomic E-state index is -1.26. The van der Waals surface area contributed by atoms with Gasteiger partial charge in [0.05, 0.1) is 17.8 Å². The van der Waals surface area contributed by atoms with Crippen LogP contribution in [-0.4, -0.2) is 21.2 Å². The lowest BCUT2D eigenvalue weighted by Gasteiger charge is -1.97. The van der Waals surface area contributed by atoms with Crippen LogP contribution in [0, 0.1) is 0 Å². The van der Waals surface area contributed by atoms with Crippen molar-refractivity contribution < 1.29 is 19.4 Å². The van der Waals surface area contributed by atoms with E-state index in [9.17, 15) is 9.90 Å².